The molecule has 1 aromatic rings. The molecule has 0 aliphatic heterocycles. The van der Waals surface area contributed by atoms with Crippen molar-refractivity contribution in [2.45, 2.75) is 26.2 Å². The molecule has 0 aliphatic rings. The fourth-order valence-electron chi connectivity index (χ4n) is 0.868. The number of rotatable bonds is 0. The van der Waals surface area contributed by atoms with Gasteiger partial charge in [-0.3, -0.25) is 4.98 Å². The summed E-state index contributed by atoms with van der Waals surface area (Å²) in [6.45, 7) is 6.43. The van der Waals surface area contributed by atoms with Gasteiger partial charge in [0.25, 0.3) is 0 Å². The van der Waals surface area contributed by atoms with E-state index in [4.69, 9.17) is 5.73 Å². The van der Waals surface area contributed by atoms with Crippen LogP contribution < -0.4 is 5.73 Å². The van der Waals surface area contributed by atoms with Crippen LogP contribution in [0.2, 0.25) is 0 Å². The lowest BCUT2D eigenvalue weighted by Gasteiger charge is -2.18. The van der Waals surface area contributed by atoms with Gasteiger partial charge in [0.1, 0.15) is 0 Å². The molecular formula is C9H16Cl2N2. The summed E-state index contributed by atoms with van der Waals surface area (Å²) >= 11 is 0. The molecule has 13 heavy (non-hydrogen) atoms. The van der Waals surface area contributed by atoms with Gasteiger partial charge in [0.2, 0.25) is 0 Å². The number of pyridine rings is 1. The van der Waals surface area contributed by atoms with Crippen LogP contribution in [0.1, 0.15) is 26.3 Å². The summed E-state index contributed by atoms with van der Waals surface area (Å²) in [4.78, 5) is 4.03. The molecule has 0 amide bonds. The van der Waals surface area contributed by atoms with Crippen LogP contribution in [-0.4, -0.2) is 4.98 Å². The highest BCUT2D eigenvalue weighted by Crippen LogP contribution is 2.22. The van der Waals surface area contributed by atoms with Crippen LogP contribution in [0, 0.1) is 0 Å². The van der Waals surface area contributed by atoms with E-state index in [-0.39, 0.29) is 30.2 Å². The molecule has 4 heteroatoms. The Labute approximate surface area is 91.8 Å². The molecule has 0 spiro atoms. The predicted molar refractivity (Wildman–Crippen MR) is 61.8 cm³/mol. The average Bonchev–Trinajstić information content (AvgIpc) is 1.86. The zero-order valence-corrected chi connectivity index (χ0v) is 9.71. The van der Waals surface area contributed by atoms with E-state index in [1.54, 1.807) is 6.20 Å². The third-order valence-corrected chi connectivity index (χ3v) is 1.63. The highest BCUT2D eigenvalue weighted by atomic mass is 35.5. The minimum Gasteiger partial charge on any atom is -0.397 e. The first-order valence-corrected chi connectivity index (χ1v) is 3.71. The summed E-state index contributed by atoms with van der Waals surface area (Å²) in [5, 5.41) is 0. The summed E-state index contributed by atoms with van der Waals surface area (Å²) in [6, 6.07) is 1.97. The molecule has 0 aliphatic carbocycles. The lowest BCUT2D eigenvalue weighted by Crippen LogP contribution is -2.11. The van der Waals surface area contributed by atoms with Gasteiger partial charge in [-0.1, -0.05) is 20.8 Å². The van der Waals surface area contributed by atoms with Gasteiger partial charge in [0.15, 0.2) is 0 Å². The average molecular weight is 223 g/mol. The van der Waals surface area contributed by atoms with Crippen molar-refractivity contribution < 1.29 is 0 Å². The maximum Gasteiger partial charge on any atom is 0.0503 e. The number of nitrogens with two attached hydrogens (primary N) is 1. The Morgan fingerprint density at radius 3 is 2.00 bits per heavy atom. The van der Waals surface area contributed by atoms with Gasteiger partial charge in [-0.05, 0) is 17.0 Å². The molecular weight excluding hydrogens is 207 g/mol. The third-order valence-electron chi connectivity index (χ3n) is 1.63. The Hall–Kier alpha value is -0.470. The van der Waals surface area contributed by atoms with E-state index in [0.29, 0.717) is 0 Å². The molecule has 0 unspecified atom stereocenters. The van der Waals surface area contributed by atoms with Crippen LogP contribution in [0.15, 0.2) is 18.5 Å². The first-order chi connectivity index (χ1) is 5.00. The maximum absolute atomic E-state index is 5.59. The van der Waals surface area contributed by atoms with Crippen molar-refractivity contribution in [1.82, 2.24) is 4.98 Å². The quantitative estimate of drug-likeness (QED) is 0.734. The molecule has 0 radical (unpaired) electrons. The van der Waals surface area contributed by atoms with Crippen LogP contribution in [0.25, 0.3) is 0 Å². The zero-order chi connectivity index (χ0) is 8.48. The third kappa shape index (κ3) is 4.34. The second kappa shape index (κ2) is 5.30. The van der Waals surface area contributed by atoms with Crippen LogP contribution >= 0.6 is 24.8 Å². The van der Waals surface area contributed by atoms with Crippen LogP contribution in [0.5, 0.6) is 0 Å². The smallest absolute Gasteiger partial charge is 0.0503 e. The van der Waals surface area contributed by atoms with Gasteiger partial charge in [0.05, 0.1) is 5.69 Å². The van der Waals surface area contributed by atoms with Crippen LogP contribution in [-0.2, 0) is 5.41 Å². The summed E-state index contributed by atoms with van der Waals surface area (Å²) in [6.07, 6.45) is 3.52. The molecule has 0 bridgehead atoms. The Balaban J connectivity index is 0. The molecule has 0 saturated carbocycles. The zero-order valence-electron chi connectivity index (χ0n) is 8.07. The molecule has 0 aromatic carbocycles. The SMILES string of the molecule is CC(C)(C)c1cncc(N)c1.Cl.Cl. The minimum absolute atomic E-state index is 0. The molecule has 1 rings (SSSR count). The van der Waals surface area contributed by atoms with Crippen molar-refractivity contribution in [2.75, 3.05) is 5.73 Å². The second-order valence-corrected chi connectivity index (χ2v) is 3.76. The largest absolute Gasteiger partial charge is 0.397 e. The molecule has 0 atom stereocenters. The van der Waals surface area contributed by atoms with Crippen molar-refractivity contribution >= 4 is 30.5 Å². The van der Waals surface area contributed by atoms with Crippen molar-refractivity contribution in [3.63, 3.8) is 0 Å². The molecule has 76 valence electrons. The second-order valence-electron chi connectivity index (χ2n) is 3.76. The number of halogens is 2. The van der Waals surface area contributed by atoms with Crippen LogP contribution in [0.3, 0.4) is 0 Å². The molecule has 2 nitrogen and oxygen atoms in total. The number of nitrogen functional groups attached to an aromatic ring is 1. The maximum atomic E-state index is 5.59. The van der Waals surface area contributed by atoms with Crippen molar-refractivity contribution in [1.29, 1.82) is 0 Å². The van der Waals surface area contributed by atoms with E-state index in [2.05, 4.69) is 25.8 Å². The predicted octanol–water partition coefficient (Wildman–Crippen LogP) is 2.80. The summed E-state index contributed by atoms with van der Waals surface area (Å²) < 4.78 is 0. The summed E-state index contributed by atoms with van der Waals surface area (Å²) in [5.41, 5.74) is 7.65. The molecule has 1 aromatic heterocycles. The van der Waals surface area contributed by atoms with E-state index < -0.39 is 0 Å². The lowest BCUT2D eigenvalue weighted by molar-refractivity contribution is 0.588. The van der Waals surface area contributed by atoms with E-state index in [1.165, 1.54) is 5.56 Å². The summed E-state index contributed by atoms with van der Waals surface area (Å²) in [5.74, 6) is 0. The topological polar surface area (TPSA) is 38.9 Å². The fourth-order valence-corrected chi connectivity index (χ4v) is 0.868. The minimum atomic E-state index is 0. The fraction of sp³-hybridized carbons (Fsp3) is 0.444. The van der Waals surface area contributed by atoms with Crippen LogP contribution in [0.4, 0.5) is 5.69 Å². The Morgan fingerprint density at radius 1 is 1.15 bits per heavy atom. The monoisotopic (exact) mass is 222 g/mol. The highest BCUT2D eigenvalue weighted by molar-refractivity contribution is 5.85. The number of aromatic nitrogens is 1. The van der Waals surface area contributed by atoms with Gasteiger partial charge in [0, 0.05) is 12.4 Å². The highest BCUT2D eigenvalue weighted by Gasteiger charge is 2.13. The van der Waals surface area contributed by atoms with Gasteiger partial charge in [-0.15, -0.1) is 24.8 Å². The van der Waals surface area contributed by atoms with Crippen molar-refractivity contribution in [2.24, 2.45) is 0 Å². The van der Waals surface area contributed by atoms with E-state index >= 15 is 0 Å². The summed E-state index contributed by atoms with van der Waals surface area (Å²) in [7, 11) is 0. The molecule has 1 heterocycles. The Bertz CT molecular complexity index is 256. The van der Waals surface area contributed by atoms with E-state index in [0.717, 1.165) is 5.69 Å². The molecule has 0 saturated heterocycles. The standard InChI is InChI=1S/C9H14N2.2ClH/c1-9(2,3)7-4-8(10)6-11-5-7;;/h4-6H,10H2,1-3H3;2*1H. The van der Waals surface area contributed by atoms with Gasteiger partial charge in [-0.25, -0.2) is 0 Å². The number of hydrogen-bond acceptors (Lipinski definition) is 2. The number of anilines is 1. The number of hydrogen-bond donors (Lipinski definition) is 1. The van der Waals surface area contributed by atoms with Crippen molar-refractivity contribution in [3.05, 3.63) is 24.0 Å². The van der Waals surface area contributed by atoms with Gasteiger partial charge < -0.3 is 5.73 Å². The normalized spacial score (nSPS) is 9.77. The first-order valence-electron chi connectivity index (χ1n) is 3.71. The van der Waals surface area contributed by atoms with Gasteiger partial charge in [-0.2, -0.15) is 0 Å². The Kier molecular flexibility index (Phi) is 6.13. The van der Waals surface area contributed by atoms with E-state index in [1.807, 2.05) is 12.3 Å². The molecule has 2 N–H and O–H groups in total. The van der Waals surface area contributed by atoms with Gasteiger partial charge >= 0.3 is 0 Å². The first kappa shape index (κ1) is 15.0. The lowest BCUT2D eigenvalue weighted by atomic mass is 9.88. The molecule has 0 fully saturated rings. The Morgan fingerprint density at radius 2 is 1.69 bits per heavy atom. The van der Waals surface area contributed by atoms with Crippen molar-refractivity contribution in [3.8, 4) is 0 Å². The number of nitrogens with zero attached hydrogens (tertiary/aromatic N) is 1. The van der Waals surface area contributed by atoms with E-state index in [9.17, 15) is 0 Å².